The number of hydrogen-bond donors (Lipinski definition) is 2. The average molecular weight is 341 g/mol. The second-order valence-corrected chi connectivity index (χ2v) is 6.71. The van der Waals surface area contributed by atoms with E-state index >= 15 is 0 Å². The van der Waals surface area contributed by atoms with Crippen LogP contribution in [0.1, 0.15) is 32.3 Å². The van der Waals surface area contributed by atoms with Crippen LogP contribution in [0.25, 0.3) is 0 Å². The highest BCUT2D eigenvalue weighted by molar-refractivity contribution is 5.82. The molecule has 2 rings (SSSR count). The number of nitriles is 1. The SMILES string of the molecule is COc1ccc([C@@H]2C(C#N)=C(C(C)(C)C)OC(N)=C2C=N)c(OC)c1. The smallest absolute Gasteiger partial charge is 0.196 e. The number of nitrogens with one attached hydrogen (secondary N) is 1. The molecule has 0 spiro atoms. The molecule has 1 aliphatic rings. The van der Waals surface area contributed by atoms with Gasteiger partial charge in [0.25, 0.3) is 0 Å². The number of benzene rings is 1. The first-order valence-electron chi connectivity index (χ1n) is 7.83. The van der Waals surface area contributed by atoms with E-state index in [2.05, 4.69) is 6.07 Å². The summed E-state index contributed by atoms with van der Waals surface area (Å²) in [5.74, 6) is 1.29. The Morgan fingerprint density at radius 1 is 1.28 bits per heavy atom. The molecular weight excluding hydrogens is 318 g/mol. The molecule has 1 aromatic carbocycles. The van der Waals surface area contributed by atoms with Crippen LogP contribution in [-0.2, 0) is 4.74 Å². The van der Waals surface area contributed by atoms with Crippen molar-refractivity contribution in [3.63, 3.8) is 0 Å². The highest BCUT2D eigenvalue weighted by atomic mass is 16.5. The van der Waals surface area contributed by atoms with E-state index in [9.17, 15) is 5.26 Å². The molecule has 0 fully saturated rings. The van der Waals surface area contributed by atoms with Crippen molar-refractivity contribution in [2.75, 3.05) is 14.2 Å². The summed E-state index contributed by atoms with van der Waals surface area (Å²) in [7, 11) is 3.12. The number of hydrogen-bond acceptors (Lipinski definition) is 6. The van der Waals surface area contributed by atoms with Crippen molar-refractivity contribution in [3.05, 3.63) is 46.6 Å². The summed E-state index contributed by atoms with van der Waals surface area (Å²) in [4.78, 5) is 0. The van der Waals surface area contributed by atoms with Gasteiger partial charge in [-0.3, -0.25) is 0 Å². The fourth-order valence-electron chi connectivity index (χ4n) is 2.86. The molecule has 3 N–H and O–H groups in total. The molecule has 0 radical (unpaired) electrons. The topological polar surface area (TPSA) is 101 Å². The van der Waals surface area contributed by atoms with Crippen molar-refractivity contribution in [2.45, 2.75) is 26.7 Å². The maximum atomic E-state index is 9.83. The fraction of sp³-hybridized carbons (Fsp3) is 0.368. The highest BCUT2D eigenvalue weighted by Gasteiger charge is 2.37. The summed E-state index contributed by atoms with van der Waals surface area (Å²) >= 11 is 0. The Kier molecular flexibility index (Phi) is 5.07. The third-order valence-electron chi connectivity index (χ3n) is 4.05. The van der Waals surface area contributed by atoms with E-state index in [1.54, 1.807) is 26.4 Å². The standard InChI is InChI=1S/C19H23N3O3/c1-19(2,3)17-13(9-20)16(14(10-21)18(22)25-17)12-7-6-11(23-4)8-15(12)24-5/h6-8,10,16,21H,22H2,1-5H3/t16-/m1/s1. The minimum absolute atomic E-state index is 0.127. The molecule has 1 atom stereocenters. The molecule has 6 nitrogen and oxygen atoms in total. The van der Waals surface area contributed by atoms with Gasteiger partial charge in [0.2, 0.25) is 0 Å². The molecule has 0 saturated carbocycles. The second kappa shape index (κ2) is 6.89. The van der Waals surface area contributed by atoms with E-state index in [1.165, 1.54) is 0 Å². The molecule has 1 aromatic rings. The van der Waals surface area contributed by atoms with Crippen LogP contribution in [0, 0.1) is 22.2 Å². The molecular formula is C19H23N3O3. The van der Waals surface area contributed by atoms with Crippen LogP contribution in [0.15, 0.2) is 41.0 Å². The van der Waals surface area contributed by atoms with Gasteiger partial charge < -0.3 is 25.4 Å². The van der Waals surface area contributed by atoms with E-state index in [0.717, 1.165) is 11.8 Å². The molecule has 0 bridgehead atoms. The van der Waals surface area contributed by atoms with Crippen LogP contribution in [0.5, 0.6) is 11.5 Å². The van der Waals surface area contributed by atoms with Gasteiger partial charge in [0.15, 0.2) is 5.88 Å². The molecule has 6 heteroatoms. The van der Waals surface area contributed by atoms with Crippen LogP contribution in [0.3, 0.4) is 0 Å². The molecule has 0 unspecified atom stereocenters. The maximum Gasteiger partial charge on any atom is 0.196 e. The summed E-state index contributed by atoms with van der Waals surface area (Å²) in [6.45, 7) is 5.85. The van der Waals surface area contributed by atoms with Gasteiger partial charge >= 0.3 is 0 Å². The highest BCUT2D eigenvalue weighted by Crippen LogP contribution is 2.46. The Hall–Kier alpha value is -2.94. The first kappa shape index (κ1) is 18.4. The van der Waals surface area contributed by atoms with Crippen LogP contribution in [0.4, 0.5) is 0 Å². The van der Waals surface area contributed by atoms with Crippen molar-refractivity contribution >= 4 is 6.21 Å². The van der Waals surface area contributed by atoms with Gasteiger partial charge in [-0.1, -0.05) is 26.8 Å². The molecule has 0 saturated heterocycles. The van der Waals surface area contributed by atoms with Gasteiger partial charge in [-0.2, -0.15) is 5.26 Å². The summed E-state index contributed by atoms with van der Waals surface area (Å²) < 4.78 is 16.5. The molecule has 0 aliphatic carbocycles. The Labute approximate surface area is 148 Å². The van der Waals surface area contributed by atoms with E-state index in [0.29, 0.717) is 28.4 Å². The van der Waals surface area contributed by atoms with Gasteiger partial charge in [-0.25, -0.2) is 0 Å². The summed E-state index contributed by atoms with van der Waals surface area (Å²) in [6.07, 6.45) is 1.13. The first-order valence-corrected chi connectivity index (χ1v) is 7.83. The van der Waals surface area contributed by atoms with E-state index < -0.39 is 11.3 Å². The largest absolute Gasteiger partial charge is 0.497 e. The van der Waals surface area contributed by atoms with Crippen LogP contribution >= 0.6 is 0 Å². The predicted molar refractivity (Wildman–Crippen MR) is 95.5 cm³/mol. The number of nitrogens with zero attached hydrogens (tertiary/aromatic N) is 1. The fourth-order valence-corrected chi connectivity index (χ4v) is 2.86. The summed E-state index contributed by atoms with van der Waals surface area (Å²) in [6, 6.07) is 7.60. The minimum atomic E-state index is -0.536. The lowest BCUT2D eigenvalue weighted by Gasteiger charge is -2.33. The Bertz CT molecular complexity index is 795. The van der Waals surface area contributed by atoms with Crippen LogP contribution in [0.2, 0.25) is 0 Å². The second-order valence-electron chi connectivity index (χ2n) is 6.71. The number of nitrogens with two attached hydrogens (primary N) is 1. The monoisotopic (exact) mass is 341 g/mol. The quantitative estimate of drug-likeness (QED) is 0.817. The third-order valence-corrected chi connectivity index (χ3v) is 4.05. The average Bonchev–Trinajstić information content (AvgIpc) is 2.59. The van der Waals surface area contributed by atoms with Gasteiger partial charge in [0.1, 0.15) is 17.3 Å². The van der Waals surface area contributed by atoms with Gasteiger partial charge in [0, 0.05) is 28.8 Å². The molecule has 0 amide bonds. The zero-order chi connectivity index (χ0) is 18.8. The van der Waals surface area contributed by atoms with Gasteiger partial charge in [0.05, 0.1) is 31.8 Å². The zero-order valence-electron chi connectivity index (χ0n) is 15.1. The Morgan fingerprint density at radius 2 is 1.96 bits per heavy atom. The van der Waals surface area contributed by atoms with Gasteiger partial charge in [-0.05, 0) is 6.07 Å². The van der Waals surface area contributed by atoms with Crippen molar-refractivity contribution in [1.82, 2.24) is 0 Å². The Morgan fingerprint density at radius 3 is 2.44 bits per heavy atom. The van der Waals surface area contributed by atoms with Crippen molar-refractivity contribution < 1.29 is 14.2 Å². The molecule has 1 heterocycles. The zero-order valence-corrected chi connectivity index (χ0v) is 15.1. The first-order chi connectivity index (χ1) is 11.8. The van der Waals surface area contributed by atoms with E-state index in [1.807, 2.05) is 26.8 Å². The minimum Gasteiger partial charge on any atom is -0.497 e. The lowest BCUT2D eigenvalue weighted by atomic mass is 9.78. The number of ether oxygens (including phenoxy) is 3. The Balaban J connectivity index is 2.77. The van der Waals surface area contributed by atoms with Gasteiger partial charge in [-0.15, -0.1) is 0 Å². The number of allylic oxidation sites excluding steroid dienone is 3. The van der Waals surface area contributed by atoms with Crippen molar-refractivity contribution in [3.8, 4) is 17.6 Å². The van der Waals surface area contributed by atoms with Crippen LogP contribution in [-0.4, -0.2) is 20.4 Å². The summed E-state index contributed by atoms with van der Waals surface area (Å²) in [5, 5.41) is 17.6. The molecule has 132 valence electrons. The van der Waals surface area contributed by atoms with Crippen LogP contribution < -0.4 is 15.2 Å². The van der Waals surface area contributed by atoms with Crippen molar-refractivity contribution in [2.24, 2.45) is 11.1 Å². The molecule has 0 aromatic heterocycles. The maximum absolute atomic E-state index is 9.83. The van der Waals surface area contributed by atoms with E-state index in [-0.39, 0.29) is 5.88 Å². The lowest BCUT2D eigenvalue weighted by Crippen LogP contribution is -2.27. The summed E-state index contributed by atoms with van der Waals surface area (Å²) in [5.41, 5.74) is 7.22. The lowest BCUT2D eigenvalue weighted by molar-refractivity contribution is 0.200. The van der Waals surface area contributed by atoms with Crippen molar-refractivity contribution in [1.29, 1.82) is 10.7 Å². The number of methoxy groups -OCH3 is 2. The normalized spacial score (nSPS) is 17.7. The predicted octanol–water partition coefficient (Wildman–Crippen LogP) is 3.46. The van der Waals surface area contributed by atoms with E-state index in [4.69, 9.17) is 25.4 Å². The number of rotatable bonds is 4. The third kappa shape index (κ3) is 3.31. The molecule has 1 aliphatic heterocycles. The molecule has 25 heavy (non-hydrogen) atoms.